The first-order valence-electron chi connectivity index (χ1n) is 15.2. The normalized spacial score (nSPS) is 18.3. The van der Waals surface area contributed by atoms with E-state index in [1.54, 1.807) is 24.2 Å². The summed E-state index contributed by atoms with van der Waals surface area (Å²) in [5.74, 6) is -1.27. The lowest BCUT2D eigenvalue weighted by Gasteiger charge is -2.44. The number of para-hydroxylation sites is 1. The van der Waals surface area contributed by atoms with Crippen LogP contribution in [0.25, 0.3) is 0 Å². The molecule has 3 aromatic rings. The number of amides is 3. The molecule has 3 aliphatic heterocycles. The minimum absolute atomic E-state index is 0.0103. The molecule has 2 aromatic heterocycles. The SMILES string of the molecule is C=CC(=O)N1Cc2cc(CN(C)c3c(C)cccc3N(C)C(=O)[C@@H]3CCC(=O)N3c3cc(C(F)(F)F)cc(C)n3)cnc2C12COC2. The van der Waals surface area contributed by atoms with E-state index in [-0.39, 0.29) is 30.3 Å². The van der Waals surface area contributed by atoms with Crippen LogP contribution in [0, 0.1) is 13.8 Å². The van der Waals surface area contributed by atoms with Crippen molar-refractivity contribution in [3.8, 4) is 0 Å². The van der Waals surface area contributed by atoms with Gasteiger partial charge in [0.1, 0.15) is 17.4 Å². The molecule has 2 saturated heterocycles. The maximum atomic E-state index is 14.0. The first-order valence-corrected chi connectivity index (χ1v) is 15.2. The van der Waals surface area contributed by atoms with Crippen molar-refractivity contribution < 1.29 is 32.3 Å². The molecule has 5 heterocycles. The zero-order valence-corrected chi connectivity index (χ0v) is 26.6. The highest BCUT2D eigenvalue weighted by atomic mass is 19.4. The second kappa shape index (κ2) is 11.8. The largest absolute Gasteiger partial charge is 0.416 e. The van der Waals surface area contributed by atoms with Crippen LogP contribution in [0.3, 0.4) is 0 Å². The number of likely N-dealkylation sites (N-methyl/N-ethyl adjacent to an activating group) is 1. The Balaban J connectivity index is 1.26. The van der Waals surface area contributed by atoms with Gasteiger partial charge in [-0.2, -0.15) is 13.2 Å². The first-order chi connectivity index (χ1) is 22.2. The number of ether oxygens (including phenoxy) is 1. The van der Waals surface area contributed by atoms with Crippen molar-refractivity contribution in [3.63, 3.8) is 0 Å². The molecule has 6 rings (SSSR count). The molecule has 13 heteroatoms. The first kappa shape index (κ1) is 32.2. The Morgan fingerprint density at radius 1 is 1.17 bits per heavy atom. The van der Waals surface area contributed by atoms with E-state index in [9.17, 15) is 27.6 Å². The fraction of sp³-hybridized carbons (Fsp3) is 0.382. The number of anilines is 3. The van der Waals surface area contributed by atoms with Crippen LogP contribution in [0.1, 0.15) is 46.5 Å². The van der Waals surface area contributed by atoms with Gasteiger partial charge in [-0.3, -0.25) is 24.3 Å². The van der Waals surface area contributed by atoms with Crippen LogP contribution in [-0.4, -0.2) is 65.9 Å². The molecule has 1 atom stereocenters. The van der Waals surface area contributed by atoms with E-state index in [0.29, 0.717) is 32.0 Å². The number of benzene rings is 1. The van der Waals surface area contributed by atoms with Crippen LogP contribution >= 0.6 is 0 Å². The van der Waals surface area contributed by atoms with E-state index in [0.717, 1.165) is 45.1 Å². The average molecular weight is 649 g/mol. The van der Waals surface area contributed by atoms with Gasteiger partial charge in [0.2, 0.25) is 17.7 Å². The Bertz CT molecular complexity index is 1790. The number of alkyl halides is 3. The minimum Gasteiger partial charge on any atom is -0.376 e. The summed E-state index contributed by atoms with van der Waals surface area (Å²) in [5, 5.41) is 0. The van der Waals surface area contributed by atoms with Crippen molar-refractivity contribution in [2.75, 3.05) is 42.0 Å². The standard InChI is InChI=1S/C34H35F3N6O4/c1-6-28(44)42-17-23-13-22(15-38-31(23)33(42)18-47-19-33)16-40(4)30-20(2)8-7-9-25(30)41(5)32(46)26-10-11-29(45)43(26)27-14-24(34(35,36)37)12-21(3)39-27/h6-9,12-15,26H,1,10-11,16-19H2,2-5H3/t26-/m0/s1. The summed E-state index contributed by atoms with van der Waals surface area (Å²) >= 11 is 0. The van der Waals surface area contributed by atoms with Gasteiger partial charge < -0.3 is 19.4 Å². The Hall–Kier alpha value is -4.78. The van der Waals surface area contributed by atoms with E-state index in [1.165, 1.54) is 17.9 Å². The van der Waals surface area contributed by atoms with Gasteiger partial charge in [-0.1, -0.05) is 18.7 Å². The smallest absolute Gasteiger partial charge is 0.376 e. The summed E-state index contributed by atoms with van der Waals surface area (Å²) in [7, 11) is 3.50. The van der Waals surface area contributed by atoms with E-state index >= 15 is 0 Å². The lowest BCUT2D eigenvalue weighted by atomic mass is 9.91. The highest BCUT2D eigenvalue weighted by molar-refractivity contribution is 6.09. The predicted molar refractivity (Wildman–Crippen MR) is 169 cm³/mol. The minimum atomic E-state index is -4.63. The van der Waals surface area contributed by atoms with Crippen LogP contribution in [0.15, 0.2) is 55.3 Å². The number of aryl methyl sites for hydroxylation is 2. The molecule has 3 amide bonds. The summed E-state index contributed by atoms with van der Waals surface area (Å²) in [6.45, 7) is 8.58. The van der Waals surface area contributed by atoms with Crippen LogP contribution < -0.4 is 14.7 Å². The Kier molecular flexibility index (Phi) is 8.07. The molecule has 0 bridgehead atoms. The molecule has 10 nitrogen and oxygen atoms in total. The number of aromatic nitrogens is 2. The molecule has 0 radical (unpaired) electrons. The van der Waals surface area contributed by atoms with E-state index in [2.05, 4.69) is 11.6 Å². The number of fused-ring (bicyclic) bond motifs is 2. The Morgan fingerprint density at radius 3 is 2.57 bits per heavy atom. The molecule has 246 valence electrons. The number of pyridine rings is 2. The summed E-state index contributed by atoms with van der Waals surface area (Å²) in [6, 6.07) is 8.29. The van der Waals surface area contributed by atoms with Gasteiger partial charge in [0.05, 0.1) is 35.8 Å². The van der Waals surface area contributed by atoms with Crippen LogP contribution in [-0.2, 0) is 43.9 Å². The van der Waals surface area contributed by atoms with Crippen molar-refractivity contribution >= 4 is 34.9 Å². The van der Waals surface area contributed by atoms with Gasteiger partial charge in [-0.25, -0.2) is 4.98 Å². The van der Waals surface area contributed by atoms with Gasteiger partial charge in [0, 0.05) is 45.5 Å². The van der Waals surface area contributed by atoms with Crippen molar-refractivity contribution in [3.05, 3.63) is 88.9 Å². The topological polar surface area (TPSA) is 99.2 Å². The van der Waals surface area contributed by atoms with Gasteiger partial charge in [-0.05, 0) is 67.3 Å². The van der Waals surface area contributed by atoms with Crippen LogP contribution in [0.2, 0.25) is 0 Å². The number of carbonyl (C=O) groups is 3. The predicted octanol–water partition coefficient (Wildman–Crippen LogP) is 4.66. The maximum absolute atomic E-state index is 14.0. The molecule has 1 aromatic carbocycles. The molecule has 0 aliphatic carbocycles. The van der Waals surface area contributed by atoms with Gasteiger partial charge >= 0.3 is 6.18 Å². The molecule has 0 saturated carbocycles. The maximum Gasteiger partial charge on any atom is 0.416 e. The third-order valence-electron chi connectivity index (χ3n) is 9.15. The zero-order chi connectivity index (χ0) is 33.8. The molecule has 0 unspecified atom stereocenters. The van der Waals surface area contributed by atoms with Crippen molar-refractivity contribution in [1.29, 1.82) is 0 Å². The quantitative estimate of drug-likeness (QED) is 0.344. The molecule has 0 N–H and O–H groups in total. The lowest BCUT2D eigenvalue weighted by Crippen LogP contribution is -2.57. The third kappa shape index (κ3) is 5.52. The third-order valence-corrected chi connectivity index (χ3v) is 9.15. The summed E-state index contributed by atoms with van der Waals surface area (Å²) in [4.78, 5) is 54.9. The van der Waals surface area contributed by atoms with Crippen molar-refractivity contribution in [1.82, 2.24) is 14.9 Å². The van der Waals surface area contributed by atoms with Crippen molar-refractivity contribution in [2.24, 2.45) is 0 Å². The fourth-order valence-electron chi connectivity index (χ4n) is 6.87. The number of rotatable bonds is 7. The molecule has 1 spiro atoms. The molecular formula is C34H35F3N6O4. The van der Waals surface area contributed by atoms with Gasteiger partial charge in [0.25, 0.3) is 0 Å². The second-order valence-electron chi connectivity index (χ2n) is 12.4. The summed E-state index contributed by atoms with van der Waals surface area (Å²) in [5.41, 5.74) is 3.48. The number of nitrogens with zero attached hydrogens (tertiary/aromatic N) is 6. The second-order valence-corrected chi connectivity index (χ2v) is 12.4. The highest BCUT2D eigenvalue weighted by Gasteiger charge is 2.54. The number of hydrogen-bond donors (Lipinski definition) is 0. The Morgan fingerprint density at radius 2 is 1.91 bits per heavy atom. The summed E-state index contributed by atoms with van der Waals surface area (Å²) < 4.78 is 46.3. The van der Waals surface area contributed by atoms with E-state index in [1.807, 2.05) is 37.1 Å². The Labute approximate surface area is 270 Å². The molecule has 47 heavy (non-hydrogen) atoms. The zero-order valence-electron chi connectivity index (χ0n) is 26.6. The van der Waals surface area contributed by atoms with Crippen LogP contribution in [0.4, 0.5) is 30.4 Å². The number of carbonyl (C=O) groups excluding carboxylic acids is 3. The monoisotopic (exact) mass is 648 g/mol. The molecule has 3 aliphatic rings. The average Bonchev–Trinajstić information content (AvgIpc) is 3.56. The van der Waals surface area contributed by atoms with E-state index in [4.69, 9.17) is 9.72 Å². The fourth-order valence-corrected chi connectivity index (χ4v) is 6.87. The highest BCUT2D eigenvalue weighted by Crippen LogP contribution is 2.44. The van der Waals surface area contributed by atoms with E-state index < -0.39 is 35.1 Å². The van der Waals surface area contributed by atoms with Gasteiger partial charge in [-0.15, -0.1) is 0 Å². The van der Waals surface area contributed by atoms with Gasteiger partial charge in [0.15, 0.2) is 0 Å². The molecule has 2 fully saturated rings. The van der Waals surface area contributed by atoms with Crippen molar-refractivity contribution in [2.45, 2.75) is 57.5 Å². The number of halogens is 3. The lowest BCUT2D eigenvalue weighted by molar-refractivity contribution is -0.164. The summed E-state index contributed by atoms with van der Waals surface area (Å²) in [6.07, 6.45) is -1.39. The van der Waals surface area contributed by atoms with Crippen LogP contribution in [0.5, 0.6) is 0 Å². The molecular weight excluding hydrogens is 613 g/mol. The number of hydrogen-bond acceptors (Lipinski definition) is 7.